The fourth-order valence-corrected chi connectivity index (χ4v) is 4.04. The van der Waals surface area contributed by atoms with E-state index in [2.05, 4.69) is 20.1 Å². The normalized spacial score (nSPS) is 30.5. The van der Waals surface area contributed by atoms with E-state index in [0.717, 1.165) is 13.0 Å². The molecule has 5 heteroatoms. The molecule has 0 radical (unpaired) electrons. The number of aromatic nitrogens is 3. The van der Waals surface area contributed by atoms with Gasteiger partial charge in [0.25, 0.3) is 0 Å². The van der Waals surface area contributed by atoms with Gasteiger partial charge in [0.05, 0.1) is 0 Å². The van der Waals surface area contributed by atoms with Crippen LogP contribution in [0.2, 0.25) is 0 Å². The fourth-order valence-electron chi connectivity index (χ4n) is 4.04. The van der Waals surface area contributed by atoms with E-state index >= 15 is 0 Å². The summed E-state index contributed by atoms with van der Waals surface area (Å²) in [6.07, 6.45) is 10.5. The Balaban J connectivity index is 0.00000110. The second-order valence-electron chi connectivity index (χ2n) is 6.26. The van der Waals surface area contributed by atoms with E-state index in [1.807, 2.05) is 0 Å². The summed E-state index contributed by atoms with van der Waals surface area (Å²) in [5.41, 5.74) is 0. The minimum atomic E-state index is 0. The number of hydrogen-bond acceptors (Lipinski definition) is 3. The third-order valence-electron chi connectivity index (χ3n) is 4.98. The van der Waals surface area contributed by atoms with Crippen LogP contribution >= 0.6 is 12.4 Å². The van der Waals surface area contributed by atoms with E-state index in [1.165, 1.54) is 56.6 Å². The van der Waals surface area contributed by atoms with Gasteiger partial charge in [-0.15, -0.1) is 22.6 Å². The lowest BCUT2D eigenvalue weighted by Crippen LogP contribution is -2.43. The van der Waals surface area contributed by atoms with Gasteiger partial charge in [-0.1, -0.05) is 19.3 Å². The van der Waals surface area contributed by atoms with Crippen molar-refractivity contribution in [2.45, 2.75) is 75.9 Å². The zero-order chi connectivity index (χ0) is 11.9. The van der Waals surface area contributed by atoms with E-state index in [9.17, 15) is 0 Å². The molecule has 4 nitrogen and oxygen atoms in total. The van der Waals surface area contributed by atoms with Gasteiger partial charge in [0.2, 0.25) is 0 Å². The van der Waals surface area contributed by atoms with Crippen LogP contribution in [0.4, 0.5) is 0 Å². The van der Waals surface area contributed by atoms with Gasteiger partial charge in [0.15, 0.2) is 0 Å². The van der Waals surface area contributed by atoms with E-state index in [1.54, 1.807) is 0 Å². The first-order valence-electron chi connectivity index (χ1n) is 7.58. The van der Waals surface area contributed by atoms with Gasteiger partial charge >= 0.3 is 0 Å². The summed E-state index contributed by atoms with van der Waals surface area (Å²) in [6.45, 7) is 1.10. The van der Waals surface area contributed by atoms with Gasteiger partial charge in [-0.2, -0.15) is 0 Å². The average molecular weight is 283 g/mol. The van der Waals surface area contributed by atoms with Gasteiger partial charge in [-0.25, -0.2) is 0 Å². The Kier molecular flexibility index (Phi) is 3.81. The topological polar surface area (TPSA) is 42.7 Å². The molecule has 1 saturated heterocycles. The van der Waals surface area contributed by atoms with Crippen molar-refractivity contribution in [3.05, 3.63) is 11.6 Å². The molecule has 0 aromatic carbocycles. The van der Waals surface area contributed by atoms with E-state index in [-0.39, 0.29) is 12.4 Å². The molecule has 1 aromatic heterocycles. The highest BCUT2D eigenvalue weighted by atomic mass is 35.5. The summed E-state index contributed by atoms with van der Waals surface area (Å²) in [5, 5.41) is 12.8. The Morgan fingerprint density at radius 3 is 2.58 bits per heavy atom. The van der Waals surface area contributed by atoms with Crippen LogP contribution in [0.5, 0.6) is 0 Å². The predicted molar refractivity (Wildman–Crippen MR) is 76.7 cm³/mol. The van der Waals surface area contributed by atoms with Crippen molar-refractivity contribution >= 4 is 12.4 Å². The Hall–Kier alpha value is -0.610. The lowest BCUT2D eigenvalue weighted by Gasteiger charge is -2.28. The summed E-state index contributed by atoms with van der Waals surface area (Å²) in [4.78, 5) is 0. The van der Waals surface area contributed by atoms with Crippen LogP contribution in [0.3, 0.4) is 0 Å². The van der Waals surface area contributed by atoms with Crippen LogP contribution in [-0.2, 0) is 13.0 Å². The zero-order valence-electron chi connectivity index (χ0n) is 11.3. The van der Waals surface area contributed by atoms with Crippen molar-refractivity contribution in [3.8, 4) is 0 Å². The molecule has 2 fully saturated rings. The molecule has 0 spiro atoms. The highest BCUT2D eigenvalue weighted by Gasteiger charge is 2.31. The molecule has 19 heavy (non-hydrogen) atoms. The molecular formula is C14H23ClN4. The molecule has 2 aliphatic heterocycles. The highest BCUT2D eigenvalue weighted by molar-refractivity contribution is 5.85. The van der Waals surface area contributed by atoms with Crippen molar-refractivity contribution < 1.29 is 0 Å². The molecule has 4 rings (SSSR count). The lowest BCUT2D eigenvalue weighted by molar-refractivity contribution is 0.312. The molecule has 1 saturated carbocycles. The molecule has 0 amide bonds. The van der Waals surface area contributed by atoms with Crippen LogP contribution in [0, 0.1) is 0 Å². The Labute approximate surface area is 120 Å². The molecule has 1 N–H and O–H groups in total. The van der Waals surface area contributed by atoms with Gasteiger partial charge in [-0.05, 0) is 25.7 Å². The third-order valence-corrected chi connectivity index (χ3v) is 4.98. The number of nitrogens with zero attached hydrogens (tertiary/aromatic N) is 3. The summed E-state index contributed by atoms with van der Waals surface area (Å²) in [6, 6.07) is 1.30. The number of nitrogens with one attached hydrogen (secondary N) is 1. The first-order chi connectivity index (χ1) is 8.90. The number of fused-ring (bicyclic) bond motifs is 3. The largest absolute Gasteiger partial charge is 0.313 e. The maximum absolute atomic E-state index is 4.53. The second-order valence-corrected chi connectivity index (χ2v) is 6.26. The Bertz CT molecular complexity index is 439. The number of halogens is 1. The van der Waals surface area contributed by atoms with E-state index in [4.69, 9.17) is 0 Å². The van der Waals surface area contributed by atoms with Crippen LogP contribution in [-0.4, -0.2) is 26.8 Å². The van der Waals surface area contributed by atoms with Crippen molar-refractivity contribution in [1.82, 2.24) is 20.1 Å². The van der Waals surface area contributed by atoms with Gasteiger partial charge in [0, 0.05) is 31.0 Å². The average Bonchev–Trinajstić information content (AvgIpc) is 2.98. The zero-order valence-corrected chi connectivity index (χ0v) is 12.2. The monoisotopic (exact) mass is 282 g/mol. The summed E-state index contributed by atoms with van der Waals surface area (Å²) < 4.78 is 2.46. The molecule has 106 valence electrons. The van der Waals surface area contributed by atoms with Crippen LogP contribution in [0.15, 0.2) is 0 Å². The van der Waals surface area contributed by atoms with Gasteiger partial charge in [-0.3, -0.25) is 0 Å². The van der Waals surface area contributed by atoms with Gasteiger partial charge in [0.1, 0.15) is 11.6 Å². The summed E-state index contributed by atoms with van der Waals surface area (Å²) in [7, 11) is 0. The molecule has 3 aliphatic rings. The minimum absolute atomic E-state index is 0. The molecule has 2 atom stereocenters. The van der Waals surface area contributed by atoms with Crippen molar-refractivity contribution in [2.24, 2.45) is 0 Å². The number of piperidine rings is 1. The van der Waals surface area contributed by atoms with Crippen LogP contribution in [0.1, 0.15) is 62.5 Å². The summed E-state index contributed by atoms with van der Waals surface area (Å²) in [5.74, 6) is 3.21. The minimum Gasteiger partial charge on any atom is -0.313 e. The molecule has 2 unspecified atom stereocenters. The second kappa shape index (κ2) is 5.41. The first-order valence-corrected chi connectivity index (χ1v) is 7.58. The fraction of sp³-hybridized carbons (Fsp3) is 0.857. The quantitative estimate of drug-likeness (QED) is 0.860. The third kappa shape index (κ3) is 2.40. The lowest BCUT2D eigenvalue weighted by atomic mass is 9.98. The molecule has 3 heterocycles. The maximum atomic E-state index is 4.53. The molecule has 2 bridgehead atoms. The standard InChI is InChI=1S/C14H22N4.ClH/c1-2-5-10(4-1)14-17-16-13-8-11-6-3-7-12(15-11)9-18(13)14;/h10-12,15H,1-9H2;1H. The van der Waals surface area contributed by atoms with Crippen molar-refractivity contribution in [2.75, 3.05) is 0 Å². The molecule has 1 aliphatic carbocycles. The van der Waals surface area contributed by atoms with Crippen molar-refractivity contribution in [1.29, 1.82) is 0 Å². The van der Waals surface area contributed by atoms with E-state index < -0.39 is 0 Å². The van der Waals surface area contributed by atoms with E-state index in [0.29, 0.717) is 18.0 Å². The molecule has 1 aromatic rings. The van der Waals surface area contributed by atoms with Gasteiger partial charge < -0.3 is 9.88 Å². The SMILES string of the molecule is C1CC2Cc3nnc(C4CCCC4)n3CC(C1)N2.Cl. The van der Waals surface area contributed by atoms with Crippen LogP contribution < -0.4 is 5.32 Å². The first kappa shape index (κ1) is 13.4. The highest BCUT2D eigenvalue weighted by Crippen LogP contribution is 2.34. The maximum Gasteiger partial charge on any atom is 0.136 e. The summed E-state index contributed by atoms with van der Waals surface area (Å²) >= 11 is 0. The van der Waals surface area contributed by atoms with Crippen molar-refractivity contribution in [3.63, 3.8) is 0 Å². The molecular weight excluding hydrogens is 260 g/mol. The predicted octanol–water partition coefficient (Wildman–Crippen LogP) is 2.42. The van der Waals surface area contributed by atoms with Crippen LogP contribution in [0.25, 0.3) is 0 Å². The number of hydrogen-bond donors (Lipinski definition) is 1. The Morgan fingerprint density at radius 1 is 0.947 bits per heavy atom. The number of rotatable bonds is 1. The Morgan fingerprint density at radius 2 is 1.74 bits per heavy atom. The smallest absolute Gasteiger partial charge is 0.136 e.